The summed E-state index contributed by atoms with van der Waals surface area (Å²) >= 11 is 11.8. The summed E-state index contributed by atoms with van der Waals surface area (Å²) < 4.78 is 5.27. The van der Waals surface area contributed by atoms with Gasteiger partial charge in [-0.15, -0.1) is 0 Å². The predicted octanol–water partition coefficient (Wildman–Crippen LogP) is 2.84. The maximum Gasteiger partial charge on any atom is 0.333 e. The van der Waals surface area contributed by atoms with E-state index in [2.05, 4.69) is 5.32 Å². The molecular weight excluding hydrogens is 329 g/mol. The third-order valence-electron chi connectivity index (χ3n) is 3.83. The van der Waals surface area contributed by atoms with Gasteiger partial charge in [0.25, 0.3) is 0 Å². The Kier molecular flexibility index (Phi) is 5.32. The van der Waals surface area contributed by atoms with E-state index in [9.17, 15) is 14.7 Å². The van der Waals surface area contributed by atoms with E-state index >= 15 is 0 Å². The van der Waals surface area contributed by atoms with Gasteiger partial charge in [0.15, 0.2) is 5.54 Å². The van der Waals surface area contributed by atoms with Crippen LogP contribution in [0.5, 0.6) is 0 Å². The molecule has 2 atom stereocenters. The molecule has 0 radical (unpaired) electrons. The second-order valence-electron chi connectivity index (χ2n) is 5.46. The quantitative estimate of drug-likeness (QED) is 0.879. The van der Waals surface area contributed by atoms with Crippen LogP contribution in [0.3, 0.4) is 0 Å². The Morgan fingerprint density at radius 1 is 1.36 bits per heavy atom. The van der Waals surface area contributed by atoms with Crippen molar-refractivity contribution in [2.75, 3.05) is 13.2 Å². The second kappa shape index (κ2) is 6.86. The summed E-state index contributed by atoms with van der Waals surface area (Å²) in [6.07, 6.45) is 1.47. The minimum absolute atomic E-state index is 0.238. The molecule has 0 aromatic heterocycles. The second-order valence-corrected chi connectivity index (χ2v) is 6.28. The van der Waals surface area contributed by atoms with Crippen molar-refractivity contribution < 1.29 is 19.4 Å². The molecule has 2 rings (SSSR count). The Bertz CT molecular complexity index is 587. The lowest BCUT2D eigenvalue weighted by Crippen LogP contribution is -2.52. The lowest BCUT2D eigenvalue weighted by Gasteiger charge is -2.30. The first kappa shape index (κ1) is 17.1. The van der Waals surface area contributed by atoms with Gasteiger partial charge in [-0.1, -0.05) is 29.3 Å². The van der Waals surface area contributed by atoms with Crippen molar-refractivity contribution in [2.45, 2.75) is 25.3 Å². The van der Waals surface area contributed by atoms with Crippen LogP contribution in [0.2, 0.25) is 10.0 Å². The van der Waals surface area contributed by atoms with E-state index < -0.39 is 11.5 Å². The molecule has 1 amide bonds. The van der Waals surface area contributed by atoms with Gasteiger partial charge < -0.3 is 15.2 Å². The standard InChI is InChI=1S/C15H17Cl2NO4/c1-15(14(20)21,10-4-5-11(16)12(17)7-10)18-13(19)9-3-2-6-22-8-9/h4-5,7,9H,2-3,6,8H2,1H3,(H,18,19)(H,20,21). The van der Waals surface area contributed by atoms with E-state index in [1.807, 2.05) is 0 Å². The van der Waals surface area contributed by atoms with Crippen LogP contribution >= 0.6 is 23.2 Å². The van der Waals surface area contributed by atoms with Crippen LogP contribution in [0.4, 0.5) is 0 Å². The van der Waals surface area contributed by atoms with E-state index in [4.69, 9.17) is 27.9 Å². The van der Waals surface area contributed by atoms with Gasteiger partial charge in [0.2, 0.25) is 5.91 Å². The van der Waals surface area contributed by atoms with E-state index in [-0.39, 0.29) is 16.8 Å². The molecule has 0 saturated carbocycles. The number of carboxylic acid groups (broad SMARTS) is 1. The maximum absolute atomic E-state index is 12.3. The number of benzene rings is 1. The highest BCUT2D eigenvalue weighted by Gasteiger charge is 2.39. The number of rotatable bonds is 4. The monoisotopic (exact) mass is 345 g/mol. The molecule has 5 nitrogen and oxygen atoms in total. The lowest BCUT2D eigenvalue weighted by atomic mass is 9.90. The van der Waals surface area contributed by atoms with Crippen molar-refractivity contribution in [3.63, 3.8) is 0 Å². The maximum atomic E-state index is 12.3. The van der Waals surface area contributed by atoms with Gasteiger partial charge in [0.1, 0.15) is 0 Å². The molecule has 1 aliphatic rings. The van der Waals surface area contributed by atoms with Gasteiger partial charge >= 0.3 is 5.97 Å². The molecule has 120 valence electrons. The highest BCUT2D eigenvalue weighted by Crippen LogP contribution is 2.29. The number of carbonyl (C=O) groups is 2. The first-order valence-corrected chi connectivity index (χ1v) is 7.69. The van der Waals surface area contributed by atoms with Crippen molar-refractivity contribution in [1.29, 1.82) is 0 Å². The molecule has 1 heterocycles. The Morgan fingerprint density at radius 2 is 2.09 bits per heavy atom. The molecule has 7 heteroatoms. The average Bonchev–Trinajstić information content (AvgIpc) is 2.50. The zero-order valence-electron chi connectivity index (χ0n) is 12.1. The Labute approximate surface area is 138 Å². The van der Waals surface area contributed by atoms with Crippen LogP contribution in [-0.2, 0) is 19.9 Å². The van der Waals surface area contributed by atoms with E-state index in [0.29, 0.717) is 30.2 Å². The van der Waals surface area contributed by atoms with Gasteiger partial charge in [-0.05, 0) is 37.5 Å². The van der Waals surface area contributed by atoms with E-state index in [1.54, 1.807) is 6.07 Å². The number of hydrogen-bond donors (Lipinski definition) is 2. The van der Waals surface area contributed by atoms with Crippen LogP contribution in [0.15, 0.2) is 18.2 Å². The highest BCUT2D eigenvalue weighted by molar-refractivity contribution is 6.42. The summed E-state index contributed by atoms with van der Waals surface area (Å²) in [6, 6.07) is 4.51. The van der Waals surface area contributed by atoms with Crippen LogP contribution in [0.1, 0.15) is 25.3 Å². The first-order chi connectivity index (χ1) is 10.3. The SMILES string of the molecule is CC(NC(=O)C1CCCOC1)(C(=O)O)c1ccc(Cl)c(Cl)c1. The highest BCUT2D eigenvalue weighted by atomic mass is 35.5. The Hall–Kier alpha value is -1.30. The molecular formula is C15H17Cl2NO4. The number of halogens is 2. The number of carbonyl (C=O) groups excluding carboxylic acids is 1. The van der Waals surface area contributed by atoms with E-state index in [0.717, 1.165) is 6.42 Å². The Morgan fingerprint density at radius 3 is 2.64 bits per heavy atom. The summed E-state index contributed by atoms with van der Waals surface area (Å²) in [4.78, 5) is 24.0. The number of hydrogen-bond acceptors (Lipinski definition) is 3. The third-order valence-corrected chi connectivity index (χ3v) is 4.57. The predicted molar refractivity (Wildman–Crippen MR) is 83.1 cm³/mol. The van der Waals surface area contributed by atoms with Gasteiger partial charge in [-0.2, -0.15) is 0 Å². The van der Waals surface area contributed by atoms with Crippen molar-refractivity contribution in [1.82, 2.24) is 5.32 Å². The van der Waals surface area contributed by atoms with E-state index in [1.165, 1.54) is 19.1 Å². The molecule has 22 heavy (non-hydrogen) atoms. The molecule has 2 unspecified atom stereocenters. The molecule has 2 N–H and O–H groups in total. The topological polar surface area (TPSA) is 75.6 Å². The zero-order valence-corrected chi connectivity index (χ0v) is 13.6. The van der Waals surface area contributed by atoms with Gasteiger partial charge in [0, 0.05) is 6.61 Å². The minimum Gasteiger partial charge on any atom is -0.479 e. The Balaban J connectivity index is 2.25. The molecule has 0 bridgehead atoms. The van der Waals surface area contributed by atoms with Gasteiger partial charge in [-0.3, -0.25) is 4.79 Å². The van der Waals surface area contributed by atoms with Crippen molar-refractivity contribution >= 4 is 35.1 Å². The minimum atomic E-state index is -1.58. The van der Waals surface area contributed by atoms with Crippen molar-refractivity contribution in [3.05, 3.63) is 33.8 Å². The molecule has 1 aromatic rings. The van der Waals surface area contributed by atoms with Crippen LogP contribution in [-0.4, -0.2) is 30.2 Å². The zero-order chi connectivity index (χ0) is 16.3. The molecule has 0 spiro atoms. The summed E-state index contributed by atoms with van der Waals surface area (Å²) in [6.45, 7) is 2.37. The molecule has 1 fully saturated rings. The summed E-state index contributed by atoms with van der Waals surface area (Å²) in [5.74, 6) is -1.85. The van der Waals surface area contributed by atoms with Crippen molar-refractivity contribution in [3.8, 4) is 0 Å². The number of amides is 1. The fraction of sp³-hybridized carbons (Fsp3) is 0.467. The summed E-state index contributed by atoms with van der Waals surface area (Å²) in [5.41, 5.74) is -1.22. The number of aliphatic carboxylic acids is 1. The number of ether oxygens (including phenoxy) is 1. The van der Waals surface area contributed by atoms with Crippen LogP contribution < -0.4 is 5.32 Å². The number of carboxylic acids is 1. The molecule has 1 aromatic carbocycles. The fourth-order valence-electron chi connectivity index (χ4n) is 2.35. The molecule has 0 aliphatic carbocycles. The van der Waals surface area contributed by atoms with Gasteiger partial charge in [0.05, 0.1) is 22.6 Å². The molecule has 1 aliphatic heterocycles. The average molecular weight is 346 g/mol. The van der Waals surface area contributed by atoms with Crippen LogP contribution in [0, 0.1) is 5.92 Å². The lowest BCUT2D eigenvalue weighted by molar-refractivity contribution is -0.149. The third kappa shape index (κ3) is 3.54. The first-order valence-electron chi connectivity index (χ1n) is 6.93. The van der Waals surface area contributed by atoms with Crippen LogP contribution in [0.25, 0.3) is 0 Å². The number of nitrogens with one attached hydrogen (secondary N) is 1. The van der Waals surface area contributed by atoms with Gasteiger partial charge in [-0.25, -0.2) is 4.79 Å². The van der Waals surface area contributed by atoms with Crippen molar-refractivity contribution in [2.24, 2.45) is 5.92 Å². The largest absolute Gasteiger partial charge is 0.479 e. The molecule has 1 saturated heterocycles. The summed E-state index contributed by atoms with van der Waals surface area (Å²) in [7, 11) is 0. The summed E-state index contributed by atoms with van der Waals surface area (Å²) in [5, 5.41) is 12.7. The smallest absolute Gasteiger partial charge is 0.333 e. The normalized spacial score (nSPS) is 21.0. The fourth-order valence-corrected chi connectivity index (χ4v) is 2.65.